The summed E-state index contributed by atoms with van der Waals surface area (Å²) < 4.78 is 19.6. The van der Waals surface area contributed by atoms with Crippen molar-refractivity contribution in [2.45, 2.75) is 154 Å². The highest BCUT2D eigenvalue weighted by atomic mass is 16.7. The molecule has 2 aliphatic heterocycles. The van der Waals surface area contributed by atoms with Gasteiger partial charge in [-0.2, -0.15) is 0 Å². The molecule has 7 heteroatoms. The number of carbonyl (C=O) groups is 1. The van der Waals surface area contributed by atoms with E-state index in [0.29, 0.717) is 66.0 Å². The summed E-state index contributed by atoms with van der Waals surface area (Å²) in [6.07, 6.45) is 14.3. The Kier molecular flexibility index (Phi) is 7.05. The summed E-state index contributed by atoms with van der Waals surface area (Å²) in [7, 11) is 0. The Morgan fingerprint density at radius 1 is 1.00 bits per heavy atom. The van der Waals surface area contributed by atoms with Crippen molar-refractivity contribution in [2.24, 2.45) is 51.2 Å². The van der Waals surface area contributed by atoms with Gasteiger partial charge in [0.25, 0.3) is 0 Å². The van der Waals surface area contributed by atoms with Crippen LogP contribution >= 0.6 is 0 Å². The van der Waals surface area contributed by atoms with E-state index in [1.165, 1.54) is 51.4 Å². The average molecular weight is 616 g/mol. The molecule has 8 aliphatic rings. The molecule has 0 radical (unpaired) electrons. The van der Waals surface area contributed by atoms with Crippen molar-refractivity contribution < 1.29 is 30.6 Å². The van der Waals surface area contributed by atoms with Gasteiger partial charge in [-0.15, -0.1) is 0 Å². The van der Waals surface area contributed by atoms with E-state index in [2.05, 4.69) is 20.8 Å². The molecule has 2 heterocycles. The lowest BCUT2D eigenvalue weighted by Crippen LogP contribution is -2.56. The Labute approximate surface area is 266 Å². The molecular formula is C37H61NO6. The minimum absolute atomic E-state index is 0. The van der Waals surface area contributed by atoms with Crippen LogP contribution in [0.25, 0.3) is 0 Å². The molecule has 2 saturated heterocycles. The van der Waals surface area contributed by atoms with E-state index in [9.17, 15) is 15.0 Å². The molecule has 0 aromatic rings. The third-order valence-corrected chi connectivity index (χ3v) is 15.5. The number of rotatable bonds is 6. The zero-order valence-electron chi connectivity index (χ0n) is 28.1. The van der Waals surface area contributed by atoms with Gasteiger partial charge in [0.05, 0.1) is 37.1 Å². The summed E-state index contributed by atoms with van der Waals surface area (Å²) in [5.41, 5.74) is 0.216. The van der Waals surface area contributed by atoms with Crippen LogP contribution < -0.4 is 0 Å². The summed E-state index contributed by atoms with van der Waals surface area (Å²) in [5, 5.41) is 21.3. The number of aliphatic hydroxyl groups excluding tert-OH is 1. The van der Waals surface area contributed by atoms with E-state index in [1.807, 2.05) is 4.90 Å². The van der Waals surface area contributed by atoms with Crippen LogP contribution in [0.2, 0.25) is 0 Å². The van der Waals surface area contributed by atoms with E-state index in [4.69, 9.17) is 14.2 Å². The largest absolute Gasteiger partial charge is 0.388 e. The highest BCUT2D eigenvalue weighted by Crippen LogP contribution is 2.87. The van der Waals surface area contributed by atoms with Crippen LogP contribution in [0.3, 0.4) is 0 Å². The second-order valence-corrected chi connectivity index (χ2v) is 18.3. The molecule has 0 aromatic carbocycles. The second-order valence-electron chi connectivity index (χ2n) is 18.3. The maximum absolute atomic E-state index is 12.8. The number of hydrogen-bond acceptors (Lipinski definition) is 6. The molecule has 250 valence electrons. The molecule has 1 amide bonds. The van der Waals surface area contributed by atoms with Gasteiger partial charge < -0.3 is 29.3 Å². The Morgan fingerprint density at radius 2 is 1.77 bits per heavy atom. The minimum atomic E-state index is -1.14. The highest BCUT2D eigenvalue weighted by molar-refractivity contribution is 5.76. The Bertz CT molecular complexity index is 1150. The fourth-order valence-corrected chi connectivity index (χ4v) is 13.0. The van der Waals surface area contributed by atoms with Crippen LogP contribution in [0.1, 0.15) is 120 Å². The van der Waals surface area contributed by atoms with E-state index < -0.39 is 11.7 Å². The van der Waals surface area contributed by atoms with Gasteiger partial charge in [-0.3, -0.25) is 4.79 Å². The first kappa shape index (κ1) is 30.6. The monoisotopic (exact) mass is 615 g/mol. The molecule has 9 unspecified atom stereocenters. The highest BCUT2D eigenvalue weighted by Gasteiger charge is 2.80. The van der Waals surface area contributed by atoms with Crippen LogP contribution in [0, 0.1) is 51.2 Å². The van der Waals surface area contributed by atoms with Gasteiger partial charge in [-0.1, -0.05) is 20.8 Å². The Balaban J connectivity index is 0.00000325. The SMILES string of the molecule is CC12CC[C@@]34CC35CC[C@H](OC3CN(C(=O)CC6CC6)CCO3)C(C)(C)C5CCC4C1CC1OC([C@H](O)C(C)(C)O)CCC12.[HH]. The van der Waals surface area contributed by atoms with Gasteiger partial charge in [0.1, 0.15) is 6.10 Å². The molecular weight excluding hydrogens is 554 g/mol. The average Bonchev–Trinajstić information content (AvgIpc) is 3.89. The van der Waals surface area contributed by atoms with Crippen molar-refractivity contribution in [3.63, 3.8) is 0 Å². The number of ether oxygens (including phenoxy) is 3. The Morgan fingerprint density at radius 3 is 2.52 bits per heavy atom. The fourth-order valence-electron chi connectivity index (χ4n) is 13.0. The number of hydrogen-bond donors (Lipinski definition) is 2. The summed E-state index contributed by atoms with van der Waals surface area (Å²) in [4.78, 5) is 14.8. The van der Waals surface area contributed by atoms with Gasteiger partial charge in [0.2, 0.25) is 5.91 Å². The molecule has 6 aliphatic carbocycles. The number of amides is 1. The molecule has 12 atom stereocenters. The van der Waals surface area contributed by atoms with Gasteiger partial charge in [-0.05, 0) is 142 Å². The number of morpholine rings is 1. The van der Waals surface area contributed by atoms with Crippen molar-refractivity contribution in [1.29, 1.82) is 0 Å². The van der Waals surface area contributed by atoms with Gasteiger partial charge in [-0.25, -0.2) is 0 Å². The van der Waals surface area contributed by atoms with Gasteiger partial charge >= 0.3 is 0 Å². The first-order chi connectivity index (χ1) is 20.8. The van der Waals surface area contributed by atoms with Gasteiger partial charge in [0, 0.05) is 14.4 Å². The Hall–Kier alpha value is -0.730. The quantitative estimate of drug-likeness (QED) is 0.385. The van der Waals surface area contributed by atoms with Crippen molar-refractivity contribution >= 4 is 5.91 Å². The molecule has 8 fully saturated rings. The minimum Gasteiger partial charge on any atom is -0.388 e. The topological polar surface area (TPSA) is 88.5 Å². The number of nitrogens with zero attached hydrogens (tertiary/aromatic N) is 1. The molecule has 0 bridgehead atoms. The van der Waals surface area contributed by atoms with Crippen LogP contribution in [0.4, 0.5) is 0 Å². The predicted molar refractivity (Wildman–Crippen MR) is 168 cm³/mol. The van der Waals surface area contributed by atoms with E-state index in [0.717, 1.165) is 31.6 Å². The molecule has 0 aromatic heterocycles. The smallest absolute Gasteiger partial charge is 0.223 e. The van der Waals surface area contributed by atoms with Crippen molar-refractivity contribution in [3.05, 3.63) is 0 Å². The second kappa shape index (κ2) is 10.1. The number of fused-ring (bicyclic) bond motifs is 4. The lowest BCUT2D eigenvalue weighted by Gasteiger charge is -2.60. The normalized spacial score (nSPS) is 50.0. The maximum Gasteiger partial charge on any atom is 0.223 e. The molecule has 2 spiro atoms. The van der Waals surface area contributed by atoms with Crippen molar-refractivity contribution in [1.82, 2.24) is 4.90 Å². The van der Waals surface area contributed by atoms with Crippen LogP contribution in [-0.2, 0) is 19.0 Å². The molecule has 2 N–H and O–H groups in total. The standard InChI is InChI=1S/C37H59NO6.H2/c1-33(2)28-11-9-23-25-19-27-24(8-10-26(43-27)32(40)34(3,4)41)35(25,5)14-15-36(23)21-37(28,36)13-12-29(33)44-31-20-38(16-17-42-31)30(39)18-22-6-7-22;/h22-29,31-32,40-41H,6-21H2,1-5H3;1H/t23?,24?,25?,26?,27?,28?,29-,31?,32-,35?,36-,37?;/m0./s1. The first-order valence-electron chi connectivity index (χ1n) is 18.4. The first-order valence-corrected chi connectivity index (χ1v) is 18.4. The molecule has 8 rings (SSSR count). The zero-order valence-corrected chi connectivity index (χ0v) is 28.1. The van der Waals surface area contributed by atoms with Crippen LogP contribution in [0.15, 0.2) is 0 Å². The fraction of sp³-hybridized carbons (Fsp3) is 0.973. The summed E-state index contributed by atoms with van der Waals surface area (Å²) >= 11 is 0. The molecule has 6 saturated carbocycles. The van der Waals surface area contributed by atoms with Crippen LogP contribution in [0.5, 0.6) is 0 Å². The number of aliphatic hydroxyl groups is 2. The molecule has 7 nitrogen and oxygen atoms in total. The van der Waals surface area contributed by atoms with Crippen molar-refractivity contribution in [3.8, 4) is 0 Å². The predicted octanol–water partition coefficient (Wildman–Crippen LogP) is 5.94. The maximum atomic E-state index is 12.8. The van der Waals surface area contributed by atoms with E-state index in [-0.39, 0.29) is 37.4 Å². The lowest BCUT2D eigenvalue weighted by molar-refractivity contribution is -0.244. The summed E-state index contributed by atoms with van der Waals surface area (Å²) in [6, 6.07) is 0. The lowest BCUT2D eigenvalue weighted by atomic mass is 9.46. The van der Waals surface area contributed by atoms with Crippen molar-refractivity contribution in [2.75, 3.05) is 19.7 Å². The van der Waals surface area contributed by atoms with E-state index in [1.54, 1.807) is 13.8 Å². The van der Waals surface area contributed by atoms with E-state index >= 15 is 0 Å². The third-order valence-electron chi connectivity index (χ3n) is 15.5. The summed E-state index contributed by atoms with van der Waals surface area (Å²) in [5.74, 6) is 3.64. The van der Waals surface area contributed by atoms with Gasteiger partial charge in [0.15, 0.2) is 6.29 Å². The number of carbonyl (C=O) groups excluding carboxylic acids is 1. The zero-order chi connectivity index (χ0) is 30.9. The third kappa shape index (κ3) is 4.48. The summed E-state index contributed by atoms with van der Waals surface area (Å²) in [6.45, 7) is 12.8. The van der Waals surface area contributed by atoms with Crippen LogP contribution in [-0.4, -0.2) is 77.0 Å². The molecule has 44 heavy (non-hydrogen) atoms.